The van der Waals surface area contributed by atoms with Crippen LogP contribution in [0.15, 0.2) is 28.7 Å². The Kier molecular flexibility index (Phi) is 5.47. The fraction of sp³-hybridized carbons (Fsp3) is 0.294. The number of methoxy groups -OCH3 is 2. The van der Waals surface area contributed by atoms with Crippen molar-refractivity contribution in [3.8, 4) is 11.5 Å². The van der Waals surface area contributed by atoms with Crippen LogP contribution in [0.1, 0.15) is 17.1 Å². The molecule has 24 heavy (non-hydrogen) atoms. The molecule has 128 valence electrons. The molecule has 0 aliphatic carbocycles. The number of amides is 2. The van der Waals surface area contributed by atoms with Gasteiger partial charge in [-0.15, -0.1) is 0 Å². The standard InChI is InChI=1S/C17H20N2O5/c1-10-7-12(11(2)24-10)9-18-16(20)17(21)19-14-6-5-13(22-3)8-15(14)23-4/h5-8H,9H2,1-4H3,(H,18,20)(H,19,21). The van der Waals surface area contributed by atoms with E-state index in [-0.39, 0.29) is 6.54 Å². The van der Waals surface area contributed by atoms with Gasteiger partial charge in [0.25, 0.3) is 0 Å². The van der Waals surface area contributed by atoms with E-state index in [0.29, 0.717) is 22.9 Å². The highest BCUT2D eigenvalue weighted by Crippen LogP contribution is 2.28. The summed E-state index contributed by atoms with van der Waals surface area (Å²) in [6.07, 6.45) is 0. The first kappa shape index (κ1) is 17.4. The van der Waals surface area contributed by atoms with Crippen molar-refractivity contribution >= 4 is 17.5 Å². The summed E-state index contributed by atoms with van der Waals surface area (Å²) >= 11 is 0. The van der Waals surface area contributed by atoms with Gasteiger partial charge in [0.1, 0.15) is 23.0 Å². The van der Waals surface area contributed by atoms with Crippen LogP contribution in [-0.4, -0.2) is 26.0 Å². The van der Waals surface area contributed by atoms with Crippen LogP contribution in [0.4, 0.5) is 5.69 Å². The van der Waals surface area contributed by atoms with Crippen molar-refractivity contribution < 1.29 is 23.5 Å². The van der Waals surface area contributed by atoms with Gasteiger partial charge in [-0.1, -0.05) is 0 Å². The largest absolute Gasteiger partial charge is 0.497 e. The summed E-state index contributed by atoms with van der Waals surface area (Å²) in [6.45, 7) is 3.84. The van der Waals surface area contributed by atoms with Gasteiger partial charge in [0.05, 0.1) is 19.9 Å². The summed E-state index contributed by atoms with van der Waals surface area (Å²) in [4.78, 5) is 24.0. The summed E-state index contributed by atoms with van der Waals surface area (Å²) in [5.41, 5.74) is 1.21. The number of anilines is 1. The van der Waals surface area contributed by atoms with Gasteiger partial charge in [-0.2, -0.15) is 0 Å². The third kappa shape index (κ3) is 4.07. The lowest BCUT2D eigenvalue weighted by Gasteiger charge is -2.11. The number of carbonyl (C=O) groups is 2. The Balaban J connectivity index is 1.99. The predicted molar refractivity (Wildman–Crippen MR) is 88.2 cm³/mol. The molecule has 1 aromatic heterocycles. The SMILES string of the molecule is COc1ccc(NC(=O)C(=O)NCc2cc(C)oc2C)c(OC)c1. The van der Waals surface area contributed by atoms with Crippen LogP contribution < -0.4 is 20.1 Å². The van der Waals surface area contributed by atoms with Gasteiger partial charge in [-0.25, -0.2) is 0 Å². The first-order chi connectivity index (χ1) is 11.4. The number of benzene rings is 1. The van der Waals surface area contributed by atoms with E-state index in [4.69, 9.17) is 13.9 Å². The van der Waals surface area contributed by atoms with Crippen molar-refractivity contribution in [3.05, 3.63) is 41.3 Å². The number of ether oxygens (including phenoxy) is 2. The third-order valence-corrected chi connectivity index (χ3v) is 3.45. The third-order valence-electron chi connectivity index (χ3n) is 3.45. The number of aryl methyl sites for hydroxylation is 2. The van der Waals surface area contributed by atoms with Crippen LogP contribution in [0.3, 0.4) is 0 Å². The molecule has 1 aromatic carbocycles. The molecular formula is C17H20N2O5. The van der Waals surface area contributed by atoms with E-state index in [1.54, 1.807) is 25.1 Å². The molecule has 0 aliphatic rings. The summed E-state index contributed by atoms with van der Waals surface area (Å²) in [5, 5.41) is 5.07. The minimum absolute atomic E-state index is 0.217. The molecule has 0 spiro atoms. The molecular weight excluding hydrogens is 312 g/mol. The first-order valence-electron chi connectivity index (χ1n) is 7.31. The lowest BCUT2D eigenvalue weighted by molar-refractivity contribution is -0.136. The number of hydrogen-bond donors (Lipinski definition) is 2. The lowest BCUT2D eigenvalue weighted by atomic mass is 10.2. The highest BCUT2D eigenvalue weighted by atomic mass is 16.5. The maximum atomic E-state index is 12.0. The maximum absolute atomic E-state index is 12.0. The maximum Gasteiger partial charge on any atom is 0.313 e. The second-order valence-corrected chi connectivity index (χ2v) is 5.14. The molecule has 7 heteroatoms. The second kappa shape index (κ2) is 7.54. The average molecular weight is 332 g/mol. The van der Waals surface area contributed by atoms with Gasteiger partial charge in [-0.05, 0) is 32.0 Å². The Bertz CT molecular complexity index is 751. The highest BCUT2D eigenvalue weighted by Gasteiger charge is 2.17. The Hall–Kier alpha value is -2.96. The summed E-state index contributed by atoms with van der Waals surface area (Å²) in [7, 11) is 2.99. The van der Waals surface area contributed by atoms with E-state index in [1.807, 2.05) is 13.0 Å². The zero-order valence-electron chi connectivity index (χ0n) is 14.1. The predicted octanol–water partition coefficient (Wildman–Crippen LogP) is 2.17. The number of rotatable bonds is 5. The smallest absolute Gasteiger partial charge is 0.313 e. The number of hydrogen-bond acceptors (Lipinski definition) is 5. The Morgan fingerprint density at radius 3 is 2.42 bits per heavy atom. The Labute approximate surface area is 139 Å². The normalized spacial score (nSPS) is 10.2. The molecule has 1 heterocycles. The van der Waals surface area contributed by atoms with Crippen LogP contribution in [0.2, 0.25) is 0 Å². The lowest BCUT2D eigenvalue weighted by Crippen LogP contribution is -2.35. The topological polar surface area (TPSA) is 89.8 Å². The Morgan fingerprint density at radius 2 is 1.83 bits per heavy atom. The number of furan rings is 1. The van der Waals surface area contributed by atoms with Crippen LogP contribution >= 0.6 is 0 Å². The minimum Gasteiger partial charge on any atom is -0.497 e. The molecule has 0 aliphatic heterocycles. The molecule has 0 saturated carbocycles. The van der Waals surface area contributed by atoms with Crippen LogP contribution in [0.5, 0.6) is 11.5 Å². The van der Waals surface area contributed by atoms with Crippen LogP contribution in [-0.2, 0) is 16.1 Å². The van der Waals surface area contributed by atoms with E-state index in [2.05, 4.69) is 10.6 Å². The van der Waals surface area contributed by atoms with Crippen LogP contribution in [0.25, 0.3) is 0 Å². The Morgan fingerprint density at radius 1 is 1.08 bits per heavy atom. The first-order valence-corrected chi connectivity index (χ1v) is 7.31. The summed E-state index contributed by atoms with van der Waals surface area (Å²) in [5.74, 6) is 0.925. The van der Waals surface area contributed by atoms with Crippen molar-refractivity contribution in [2.75, 3.05) is 19.5 Å². The van der Waals surface area contributed by atoms with Gasteiger partial charge in [0, 0.05) is 18.2 Å². The molecule has 7 nitrogen and oxygen atoms in total. The summed E-state index contributed by atoms with van der Waals surface area (Å²) in [6, 6.07) is 6.70. The monoisotopic (exact) mass is 332 g/mol. The molecule has 0 saturated heterocycles. The van der Waals surface area contributed by atoms with Crippen LogP contribution in [0, 0.1) is 13.8 Å². The van der Waals surface area contributed by atoms with Gasteiger partial charge in [0.15, 0.2) is 0 Å². The van der Waals surface area contributed by atoms with Gasteiger partial charge >= 0.3 is 11.8 Å². The van der Waals surface area contributed by atoms with Gasteiger partial charge < -0.3 is 24.5 Å². The quantitative estimate of drug-likeness (QED) is 0.819. The van der Waals surface area contributed by atoms with E-state index >= 15 is 0 Å². The highest BCUT2D eigenvalue weighted by molar-refractivity contribution is 6.39. The minimum atomic E-state index is -0.781. The molecule has 2 amide bonds. The molecule has 0 fully saturated rings. The van der Waals surface area contributed by atoms with E-state index in [0.717, 1.165) is 11.3 Å². The molecule has 2 N–H and O–H groups in total. The van der Waals surface area contributed by atoms with Crippen molar-refractivity contribution in [2.45, 2.75) is 20.4 Å². The zero-order valence-corrected chi connectivity index (χ0v) is 14.1. The van der Waals surface area contributed by atoms with E-state index in [1.165, 1.54) is 14.2 Å². The van der Waals surface area contributed by atoms with E-state index in [9.17, 15) is 9.59 Å². The van der Waals surface area contributed by atoms with Gasteiger partial charge in [-0.3, -0.25) is 9.59 Å². The second-order valence-electron chi connectivity index (χ2n) is 5.14. The zero-order chi connectivity index (χ0) is 17.7. The van der Waals surface area contributed by atoms with Crippen molar-refractivity contribution in [1.29, 1.82) is 0 Å². The average Bonchev–Trinajstić information content (AvgIpc) is 2.90. The fourth-order valence-corrected chi connectivity index (χ4v) is 2.20. The van der Waals surface area contributed by atoms with Crippen molar-refractivity contribution in [2.24, 2.45) is 0 Å². The molecule has 0 radical (unpaired) electrons. The molecule has 0 bridgehead atoms. The van der Waals surface area contributed by atoms with E-state index < -0.39 is 11.8 Å². The van der Waals surface area contributed by atoms with Gasteiger partial charge in [0.2, 0.25) is 0 Å². The number of carbonyl (C=O) groups excluding carboxylic acids is 2. The van der Waals surface area contributed by atoms with Crippen molar-refractivity contribution in [1.82, 2.24) is 5.32 Å². The molecule has 0 unspecified atom stereocenters. The molecule has 2 rings (SSSR count). The molecule has 2 aromatic rings. The summed E-state index contributed by atoms with van der Waals surface area (Å²) < 4.78 is 15.6. The van der Waals surface area contributed by atoms with Crippen molar-refractivity contribution in [3.63, 3.8) is 0 Å². The fourth-order valence-electron chi connectivity index (χ4n) is 2.20. The molecule has 0 atom stereocenters. The number of nitrogens with one attached hydrogen (secondary N) is 2.